The van der Waals surface area contributed by atoms with Crippen molar-refractivity contribution >= 4 is 39.1 Å². The number of carbonyl (C=O) groups is 1. The van der Waals surface area contributed by atoms with Gasteiger partial charge >= 0.3 is 6.36 Å². The van der Waals surface area contributed by atoms with Crippen LogP contribution in [0.3, 0.4) is 0 Å². The summed E-state index contributed by atoms with van der Waals surface area (Å²) in [6, 6.07) is 12.0. The van der Waals surface area contributed by atoms with E-state index in [-0.39, 0.29) is 42.6 Å². The molecule has 0 aromatic heterocycles. The number of hydrogen-bond acceptors (Lipinski definition) is 5. The number of aliphatic hydroxyl groups is 1. The Bertz CT molecular complexity index is 1490. The van der Waals surface area contributed by atoms with Gasteiger partial charge < -0.3 is 15.2 Å². The number of rotatable bonds is 13. The number of ether oxygens (including phenoxy) is 1. The molecule has 14 heteroatoms. The van der Waals surface area contributed by atoms with Gasteiger partial charge in [-0.2, -0.15) is 4.31 Å². The molecule has 0 fully saturated rings. The lowest BCUT2D eigenvalue weighted by atomic mass is 10.1. The number of hydrogen-bond donors (Lipinski definition) is 2. The molecule has 7 nitrogen and oxygen atoms in total. The lowest BCUT2D eigenvalue weighted by molar-refractivity contribution is -0.274. The summed E-state index contributed by atoms with van der Waals surface area (Å²) >= 11 is 11.3. The quantitative estimate of drug-likeness (QED) is 0.0965. The Morgan fingerprint density at radius 3 is 2.09 bits per heavy atom. The highest BCUT2D eigenvalue weighted by molar-refractivity contribution is 7.93. The van der Waals surface area contributed by atoms with Gasteiger partial charge in [-0.25, -0.2) is 12.8 Å². The van der Waals surface area contributed by atoms with Gasteiger partial charge in [-0.05, 0) is 49.2 Å². The van der Waals surface area contributed by atoms with Crippen LogP contribution in [0.25, 0.3) is 0 Å². The van der Waals surface area contributed by atoms with Crippen LogP contribution in [0, 0.1) is 6.92 Å². The van der Waals surface area contributed by atoms with E-state index in [0.29, 0.717) is 16.7 Å². The number of nitrogens with zero attached hydrogens (tertiary/aromatic N) is 1. The van der Waals surface area contributed by atoms with Gasteiger partial charge in [0.15, 0.2) is 5.76 Å². The molecule has 44 heavy (non-hydrogen) atoms. The summed E-state index contributed by atoms with van der Waals surface area (Å²) in [5, 5.41) is 12.3. The van der Waals surface area contributed by atoms with E-state index in [2.05, 4.69) is 29.8 Å². The number of carbonyl (C=O) groups excluding carboxylic acids is 1. The lowest BCUT2D eigenvalue weighted by Gasteiger charge is -2.24. The first-order valence-corrected chi connectivity index (χ1v) is 14.8. The number of amides is 1. The van der Waals surface area contributed by atoms with Gasteiger partial charge in [0.2, 0.25) is 10.0 Å². The van der Waals surface area contributed by atoms with Crippen LogP contribution in [0.4, 0.5) is 17.6 Å². The van der Waals surface area contributed by atoms with Crippen LogP contribution >= 0.6 is 23.2 Å². The van der Waals surface area contributed by atoms with Crippen molar-refractivity contribution in [2.45, 2.75) is 32.7 Å². The molecule has 0 bridgehead atoms. The minimum Gasteiger partial charge on any atom is -0.505 e. The molecule has 0 spiro atoms. The SMILES string of the molecule is C=C(F)CCC(=C)CN(Cc1ccc(C(=O)NC)cc1)S(=O)(=O)C(/C=C/Cl)=C(\O)C(=C)Cl.Cc1ccc(OC(F)(F)F)cc1. The van der Waals surface area contributed by atoms with Gasteiger partial charge in [-0.15, -0.1) is 13.2 Å². The lowest BCUT2D eigenvalue weighted by Crippen LogP contribution is -2.33. The first-order valence-electron chi connectivity index (χ1n) is 12.6. The molecular formula is C30H32Cl2F4N2O5S. The van der Waals surface area contributed by atoms with Crippen LogP contribution in [-0.4, -0.2) is 43.7 Å². The fraction of sp³-hybridized carbons (Fsp3) is 0.233. The topological polar surface area (TPSA) is 95.9 Å². The maximum atomic E-state index is 13.4. The fourth-order valence-electron chi connectivity index (χ4n) is 3.33. The fourth-order valence-corrected chi connectivity index (χ4v) is 5.25. The molecule has 0 unspecified atom stereocenters. The van der Waals surface area contributed by atoms with E-state index >= 15 is 0 Å². The van der Waals surface area contributed by atoms with Gasteiger partial charge in [-0.1, -0.05) is 78.3 Å². The smallest absolute Gasteiger partial charge is 0.505 e. The van der Waals surface area contributed by atoms with Gasteiger partial charge in [0, 0.05) is 37.7 Å². The van der Waals surface area contributed by atoms with Gasteiger partial charge in [0.05, 0.1) is 10.9 Å². The number of allylic oxidation sites excluding steroid dienone is 3. The second-order valence-corrected chi connectivity index (χ2v) is 11.7. The summed E-state index contributed by atoms with van der Waals surface area (Å²) in [4.78, 5) is 11.2. The number of alkyl halides is 3. The van der Waals surface area contributed by atoms with Gasteiger partial charge in [-0.3, -0.25) is 4.79 Å². The molecule has 2 rings (SSSR count). The first-order chi connectivity index (χ1) is 20.4. The average Bonchev–Trinajstić information content (AvgIpc) is 2.94. The third-order valence-corrected chi connectivity index (χ3v) is 7.66. The normalized spacial score (nSPS) is 12.2. The Hall–Kier alpha value is -3.58. The van der Waals surface area contributed by atoms with Crippen molar-refractivity contribution in [1.82, 2.24) is 9.62 Å². The Labute approximate surface area is 264 Å². The number of benzene rings is 2. The first kappa shape index (κ1) is 38.4. The zero-order valence-electron chi connectivity index (χ0n) is 23.9. The van der Waals surface area contributed by atoms with Crippen molar-refractivity contribution in [1.29, 1.82) is 0 Å². The van der Waals surface area contributed by atoms with E-state index in [0.717, 1.165) is 21.5 Å². The van der Waals surface area contributed by atoms with Crippen molar-refractivity contribution in [2.24, 2.45) is 0 Å². The highest BCUT2D eigenvalue weighted by atomic mass is 35.5. The van der Waals surface area contributed by atoms with E-state index in [9.17, 15) is 35.9 Å². The molecule has 0 aliphatic heterocycles. The van der Waals surface area contributed by atoms with Crippen molar-refractivity contribution in [3.63, 3.8) is 0 Å². The maximum Gasteiger partial charge on any atom is 0.573 e. The molecular weight excluding hydrogens is 647 g/mol. The molecule has 0 saturated carbocycles. The molecule has 0 atom stereocenters. The standard InChI is InChI=1S/C22H25Cl2FN2O4S.C8H7F3O/c1-15(5-6-16(2)25)13-27(14-18-7-9-19(10-8-18)22(29)26-4)32(30,31)20(11-12-23)21(28)17(3)24;1-6-2-4-7(5-3-6)12-8(9,10)11/h7-12,28H,1-3,5-6,13-14H2,4H3,(H,26,29);2-5H,1H3/b12-11+,21-20-;. The Morgan fingerprint density at radius 2 is 1.64 bits per heavy atom. The van der Waals surface area contributed by atoms with Crippen molar-refractivity contribution in [2.75, 3.05) is 13.6 Å². The van der Waals surface area contributed by atoms with E-state index in [4.69, 9.17) is 23.2 Å². The number of sulfonamides is 1. The van der Waals surface area contributed by atoms with Crippen LogP contribution in [0.2, 0.25) is 0 Å². The molecule has 2 aromatic carbocycles. The van der Waals surface area contributed by atoms with Crippen LogP contribution < -0.4 is 10.1 Å². The molecule has 2 N–H and O–H groups in total. The highest BCUT2D eigenvalue weighted by Crippen LogP contribution is 2.27. The maximum absolute atomic E-state index is 13.4. The summed E-state index contributed by atoms with van der Waals surface area (Å²) in [6.45, 7) is 11.8. The van der Waals surface area contributed by atoms with E-state index in [1.807, 2.05) is 0 Å². The second kappa shape index (κ2) is 17.6. The molecule has 0 saturated heterocycles. The van der Waals surface area contributed by atoms with E-state index < -0.39 is 32.9 Å². The van der Waals surface area contributed by atoms with E-state index in [1.165, 1.54) is 19.2 Å². The monoisotopic (exact) mass is 678 g/mol. The summed E-state index contributed by atoms with van der Waals surface area (Å²) in [5.41, 5.74) is 3.19. The van der Waals surface area contributed by atoms with Crippen LogP contribution in [0.5, 0.6) is 5.75 Å². The Morgan fingerprint density at radius 1 is 1.07 bits per heavy atom. The minimum absolute atomic E-state index is 0.00155. The Kier molecular flexibility index (Phi) is 15.4. The van der Waals surface area contributed by atoms with Gasteiger partial charge in [0.25, 0.3) is 5.91 Å². The zero-order chi connectivity index (χ0) is 33.7. The average molecular weight is 680 g/mol. The van der Waals surface area contributed by atoms with Crippen molar-refractivity contribution in [3.05, 3.63) is 124 Å². The zero-order valence-corrected chi connectivity index (χ0v) is 26.3. The molecule has 0 aliphatic carbocycles. The molecule has 0 heterocycles. The molecule has 1 amide bonds. The predicted octanol–water partition coefficient (Wildman–Crippen LogP) is 8.17. The van der Waals surface area contributed by atoms with Crippen LogP contribution in [0.1, 0.15) is 34.3 Å². The van der Waals surface area contributed by atoms with Gasteiger partial charge in [0.1, 0.15) is 10.7 Å². The minimum atomic E-state index is -4.60. The van der Waals surface area contributed by atoms with Crippen molar-refractivity contribution < 1.29 is 40.6 Å². The van der Waals surface area contributed by atoms with Crippen LogP contribution in [0.15, 0.2) is 107 Å². The molecule has 2 aromatic rings. The largest absolute Gasteiger partial charge is 0.573 e. The summed E-state index contributed by atoms with van der Waals surface area (Å²) in [6.07, 6.45) is -3.44. The predicted molar refractivity (Wildman–Crippen MR) is 165 cm³/mol. The second-order valence-electron chi connectivity index (χ2n) is 9.09. The number of halogens is 6. The van der Waals surface area contributed by atoms with Crippen LogP contribution in [-0.2, 0) is 16.6 Å². The molecule has 240 valence electrons. The summed E-state index contributed by atoms with van der Waals surface area (Å²) < 4.78 is 79.3. The number of aryl methyl sites for hydroxylation is 1. The summed E-state index contributed by atoms with van der Waals surface area (Å²) in [5.74, 6) is -1.78. The molecule has 0 radical (unpaired) electrons. The van der Waals surface area contributed by atoms with Crippen molar-refractivity contribution in [3.8, 4) is 5.75 Å². The third kappa shape index (κ3) is 13.4. The third-order valence-electron chi connectivity index (χ3n) is 5.53. The Balaban J connectivity index is 0.000000669. The number of aliphatic hydroxyl groups excluding tert-OH is 1. The number of nitrogens with one attached hydrogen (secondary N) is 1. The molecule has 0 aliphatic rings. The summed E-state index contributed by atoms with van der Waals surface area (Å²) in [7, 11) is -2.84. The highest BCUT2D eigenvalue weighted by Gasteiger charge is 2.31. The van der Waals surface area contributed by atoms with E-state index in [1.54, 1.807) is 43.3 Å².